The van der Waals surface area contributed by atoms with Crippen molar-refractivity contribution in [2.75, 3.05) is 11.9 Å². The van der Waals surface area contributed by atoms with Crippen LogP contribution < -0.4 is 10.6 Å². The predicted octanol–water partition coefficient (Wildman–Crippen LogP) is 3.56. The number of nitrogens with one attached hydrogen (secondary N) is 1. The molecule has 0 aliphatic carbocycles. The first-order chi connectivity index (χ1) is 13.0. The van der Waals surface area contributed by atoms with Crippen LogP contribution >= 0.6 is 0 Å². The van der Waals surface area contributed by atoms with E-state index >= 15 is 0 Å². The highest BCUT2D eigenvalue weighted by Crippen LogP contribution is 2.18. The number of hydrogen-bond donors (Lipinski definition) is 2. The highest BCUT2D eigenvalue weighted by molar-refractivity contribution is 5.91. The van der Waals surface area contributed by atoms with Crippen LogP contribution in [0.4, 0.5) is 14.5 Å². The fourth-order valence-corrected chi connectivity index (χ4v) is 2.91. The van der Waals surface area contributed by atoms with Gasteiger partial charge in [-0.3, -0.25) is 4.79 Å². The second-order valence-corrected chi connectivity index (χ2v) is 6.42. The van der Waals surface area contributed by atoms with Crippen LogP contribution in [-0.2, 0) is 4.79 Å². The molecule has 0 heterocycles. The third-order valence-corrected chi connectivity index (χ3v) is 4.34. The number of carbonyl (C=O) groups is 1. The molecule has 3 N–H and O–H groups in total. The van der Waals surface area contributed by atoms with Gasteiger partial charge in [-0.05, 0) is 19.1 Å². The maximum atomic E-state index is 13.3. The van der Waals surface area contributed by atoms with Crippen LogP contribution in [-0.4, -0.2) is 12.5 Å². The van der Waals surface area contributed by atoms with Crippen LogP contribution in [0.25, 0.3) is 0 Å². The van der Waals surface area contributed by atoms with E-state index in [2.05, 4.69) is 17.4 Å². The Labute approximate surface area is 157 Å². The first kappa shape index (κ1) is 18.7. The molecule has 3 aromatic rings. The third-order valence-electron chi connectivity index (χ3n) is 4.34. The predicted molar refractivity (Wildman–Crippen MR) is 101 cm³/mol. The Hall–Kier alpha value is -3.05. The van der Waals surface area contributed by atoms with Crippen molar-refractivity contribution in [2.24, 2.45) is 0 Å². The minimum Gasteiger partial charge on any atom is -0.328 e. The van der Waals surface area contributed by atoms with E-state index in [9.17, 15) is 13.6 Å². The van der Waals surface area contributed by atoms with Gasteiger partial charge in [0.25, 0.3) is 5.91 Å². The second kappa shape index (κ2) is 8.56. The number of amides is 1. The topological polar surface area (TPSA) is 45.7 Å². The summed E-state index contributed by atoms with van der Waals surface area (Å²) in [6.07, 6.45) is 0. The normalized spacial score (nSPS) is 11.8. The number of rotatable bonds is 6. The fraction of sp³-hybridized carbons (Fsp3) is 0.136. The van der Waals surface area contributed by atoms with E-state index in [1.807, 2.05) is 54.7 Å². The molecule has 0 aliphatic rings. The minimum absolute atomic E-state index is 0.0393. The minimum atomic E-state index is -0.987. The van der Waals surface area contributed by atoms with Crippen molar-refractivity contribution in [3.8, 4) is 0 Å². The zero-order valence-electron chi connectivity index (χ0n) is 15.0. The molecule has 1 atom stereocenters. The van der Waals surface area contributed by atoms with E-state index in [1.165, 1.54) is 11.6 Å². The van der Waals surface area contributed by atoms with Crippen LogP contribution in [0.2, 0.25) is 0 Å². The molecule has 0 saturated heterocycles. The summed E-state index contributed by atoms with van der Waals surface area (Å²) in [7, 11) is 0. The van der Waals surface area contributed by atoms with Crippen LogP contribution in [0.1, 0.15) is 22.7 Å². The molecule has 3 rings (SSSR count). The molecule has 0 saturated carbocycles. The van der Waals surface area contributed by atoms with Gasteiger partial charge in [-0.15, -0.1) is 0 Å². The van der Waals surface area contributed by atoms with E-state index in [0.29, 0.717) is 0 Å². The number of anilines is 1. The number of quaternary nitrogens is 1. The largest absolute Gasteiger partial charge is 0.328 e. The molecular formula is C22H21F2N2O+. The van der Waals surface area contributed by atoms with Crippen molar-refractivity contribution in [1.29, 1.82) is 0 Å². The zero-order chi connectivity index (χ0) is 19.2. The summed E-state index contributed by atoms with van der Waals surface area (Å²) in [5.41, 5.74) is 3.58. The van der Waals surface area contributed by atoms with E-state index in [0.717, 1.165) is 23.3 Å². The lowest BCUT2D eigenvalue weighted by Gasteiger charge is -2.17. The van der Waals surface area contributed by atoms with Crippen molar-refractivity contribution < 1.29 is 18.9 Å². The number of carbonyl (C=O) groups excluding carboxylic acids is 1. The third kappa shape index (κ3) is 4.99. The lowest BCUT2D eigenvalue weighted by molar-refractivity contribution is -0.676. The van der Waals surface area contributed by atoms with Crippen molar-refractivity contribution in [1.82, 2.24) is 0 Å². The Morgan fingerprint density at radius 3 is 2.26 bits per heavy atom. The average Bonchev–Trinajstić information content (AvgIpc) is 2.67. The monoisotopic (exact) mass is 367 g/mol. The number of aryl methyl sites for hydroxylation is 1. The van der Waals surface area contributed by atoms with Crippen LogP contribution in [0.3, 0.4) is 0 Å². The van der Waals surface area contributed by atoms with Crippen molar-refractivity contribution >= 4 is 11.6 Å². The van der Waals surface area contributed by atoms with Gasteiger partial charge in [0.15, 0.2) is 18.2 Å². The molecule has 0 bridgehead atoms. The summed E-state index contributed by atoms with van der Waals surface area (Å²) in [4.78, 5) is 12.3. The second-order valence-electron chi connectivity index (χ2n) is 6.42. The summed E-state index contributed by atoms with van der Waals surface area (Å²) in [5, 5.41) is 4.53. The molecule has 1 amide bonds. The smallest absolute Gasteiger partial charge is 0.279 e. The maximum Gasteiger partial charge on any atom is 0.279 e. The maximum absolute atomic E-state index is 13.3. The van der Waals surface area contributed by atoms with Crippen molar-refractivity contribution in [3.05, 3.63) is 101 Å². The van der Waals surface area contributed by atoms with Gasteiger partial charge in [-0.25, -0.2) is 8.78 Å². The fourth-order valence-electron chi connectivity index (χ4n) is 2.91. The molecule has 3 nitrogen and oxygen atoms in total. The first-order valence-electron chi connectivity index (χ1n) is 8.72. The zero-order valence-corrected chi connectivity index (χ0v) is 15.0. The van der Waals surface area contributed by atoms with E-state index < -0.39 is 11.6 Å². The van der Waals surface area contributed by atoms with Gasteiger partial charge in [0.05, 0.1) is 0 Å². The molecule has 3 aromatic carbocycles. The molecule has 0 radical (unpaired) electrons. The molecule has 27 heavy (non-hydrogen) atoms. The molecule has 0 fully saturated rings. The number of nitrogens with two attached hydrogens (primary N) is 1. The number of benzene rings is 3. The van der Waals surface area contributed by atoms with Crippen molar-refractivity contribution in [2.45, 2.75) is 13.0 Å². The van der Waals surface area contributed by atoms with Gasteiger partial charge in [-0.1, -0.05) is 60.2 Å². The molecular weight excluding hydrogens is 346 g/mol. The molecule has 138 valence electrons. The summed E-state index contributed by atoms with van der Waals surface area (Å²) < 4.78 is 26.3. The number of hydrogen-bond acceptors (Lipinski definition) is 1. The van der Waals surface area contributed by atoms with Gasteiger partial charge in [0.2, 0.25) is 0 Å². The van der Waals surface area contributed by atoms with Gasteiger partial charge >= 0.3 is 0 Å². The SMILES string of the molecule is Cc1ccc([C@H]([NH2+]CC(=O)Nc2ccc(F)c(F)c2)c2ccccc2)cc1. The Morgan fingerprint density at radius 1 is 0.926 bits per heavy atom. The average molecular weight is 367 g/mol. The van der Waals surface area contributed by atoms with E-state index in [-0.39, 0.29) is 24.2 Å². The van der Waals surface area contributed by atoms with Gasteiger partial charge in [0, 0.05) is 22.9 Å². The van der Waals surface area contributed by atoms with Gasteiger partial charge in [-0.2, -0.15) is 0 Å². The highest BCUT2D eigenvalue weighted by Gasteiger charge is 2.19. The summed E-state index contributed by atoms with van der Waals surface area (Å²) in [6.45, 7) is 2.17. The summed E-state index contributed by atoms with van der Waals surface area (Å²) >= 11 is 0. The molecule has 5 heteroatoms. The Bertz CT molecular complexity index is 911. The summed E-state index contributed by atoms with van der Waals surface area (Å²) in [6, 6.07) is 21.4. The van der Waals surface area contributed by atoms with E-state index in [4.69, 9.17) is 0 Å². The lowest BCUT2D eigenvalue weighted by Crippen LogP contribution is -2.87. The molecule has 0 spiro atoms. The van der Waals surface area contributed by atoms with Crippen molar-refractivity contribution in [3.63, 3.8) is 0 Å². The van der Waals surface area contributed by atoms with Gasteiger partial charge in [0.1, 0.15) is 6.04 Å². The molecule has 0 unspecified atom stereocenters. The van der Waals surface area contributed by atoms with Gasteiger partial charge < -0.3 is 10.6 Å². The Morgan fingerprint density at radius 2 is 1.59 bits per heavy atom. The number of halogens is 2. The van der Waals surface area contributed by atoms with Crippen LogP contribution in [0.15, 0.2) is 72.8 Å². The van der Waals surface area contributed by atoms with E-state index in [1.54, 1.807) is 0 Å². The Kier molecular flexibility index (Phi) is 5.94. The first-order valence-corrected chi connectivity index (χ1v) is 8.72. The molecule has 0 aromatic heterocycles. The van der Waals surface area contributed by atoms with Crippen LogP contribution in [0.5, 0.6) is 0 Å². The summed E-state index contributed by atoms with van der Waals surface area (Å²) in [5.74, 6) is -2.21. The lowest BCUT2D eigenvalue weighted by atomic mass is 9.98. The standard InChI is InChI=1S/C22H20F2N2O/c1-15-7-9-17(10-8-15)22(16-5-3-2-4-6-16)25-14-21(27)26-18-11-12-19(23)20(24)13-18/h2-13,22,25H,14H2,1H3,(H,26,27)/p+1/t22-/m1/s1. The Balaban J connectivity index is 1.71. The van der Waals surface area contributed by atoms with Crippen LogP contribution in [0, 0.1) is 18.6 Å². The molecule has 0 aliphatic heterocycles. The quantitative estimate of drug-likeness (QED) is 0.687. The highest BCUT2D eigenvalue weighted by atomic mass is 19.2.